The average molecular weight is 318 g/mol. The summed E-state index contributed by atoms with van der Waals surface area (Å²) >= 11 is 0. The Kier molecular flexibility index (Phi) is 3.49. The normalized spacial score (nSPS) is 45.2. The molecule has 0 radical (unpaired) electrons. The Bertz CT molecular complexity index is 616. The van der Waals surface area contributed by atoms with Gasteiger partial charge in [-0.25, -0.2) is 4.39 Å². The number of benzene rings is 1. The molecule has 0 aliphatic heterocycles. The lowest BCUT2D eigenvalue weighted by Crippen LogP contribution is -2.48. The first-order valence-corrected chi connectivity index (χ1v) is 9.09. The van der Waals surface area contributed by atoms with Crippen LogP contribution in [0, 0.1) is 23.2 Å². The molecule has 0 saturated heterocycles. The van der Waals surface area contributed by atoms with Crippen LogP contribution in [0.3, 0.4) is 0 Å². The van der Waals surface area contributed by atoms with Gasteiger partial charge in [-0.2, -0.15) is 0 Å². The lowest BCUT2D eigenvalue weighted by Gasteiger charge is -2.53. The average Bonchev–Trinajstić information content (AvgIpc) is 2.77. The molecule has 1 aromatic rings. The number of halogens is 1. The quantitative estimate of drug-likeness (QED) is 0.815. The lowest BCUT2D eigenvalue weighted by atomic mass is 9.51. The molecule has 0 bridgehead atoms. The van der Waals surface area contributed by atoms with E-state index >= 15 is 0 Å². The van der Waals surface area contributed by atoms with Crippen LogP contribution in [0.5, 0.6) is 5.75 Å². The summed E-state index contributed by atoms with van der Waals surface area (Å²) in [5, 5.41) is 20.3. The number of phenolic OH excluding ortho intramolecular Hbond substituents is 1. The van der Waals surface area contributed by atoms with E-state index in [1.807, 2.05) is 6.07 Å². The fourth-order valence-electron chi connectivity index (χ4n) is 6.22. The summed E-state index contributed by atoms with van der Waals surface area (Å²) < 4.78 is 14.3. The largest absolute Gasteiger partial charge is 0.508 e. The van der Waals surface area contributed by atoms with Gasteiger partial charge < -0.3 is 10.2 Å². The van der Waals surface area contributed by atoms with Gasteiger partial charge in [0.15, 0.2) is 0 Å². The number of phenols is 1. The number of aliphatic hydroxyl groups is 1. The summed E-state index contributed by atoms with van der Waals surface area (Å²) in [4.78, 5) is 0. The Hall–Kier alpha value is -1.09. The highest BCUT2D eigenvalue weighted by Gasteiger charge is 2.60. The molecule has 2 fully saturated rings. The SMILES string of the molecule is CC[C@H]1C[C@]2(C)[C@@H](O)[C@@H](F)C[C@H]2[C@@H]2CCc3cc(O)ccc3[C@@H]12. The second-order valence-corrected chi connectivity index (χ2v) is 8.29. The maximum absolute atomic E-state index is 14.3. The van der Waals surface area contributed by atoms with Gasteiger partial charge in [-0.3, -0.25) is 0 Å². The zero-order valence-electron chi connectivity index (χ0n) is 14.0. The van der Waals surface area contributed by atoms with E-state index in [1.165, 1.54) is 11.1 Å². The van der Waals surface area contributed by atoms with Crippen molar-refractivity contribution in [3.8, 4) is 5.75 Å². The molecule has 0 spiro atoms. The van der Waals surface area contributed by atoms with E-state index < -0.39 is 12.3 Å². The molecule has 2 saturated carbocycles. The van der Waals surface area contributed by atoms with Crippen LogP contribution in [0.15, 0.2) is 18.2 Å². The summed E-state index contributed by atoms with van der Waals surface area (Å²) in [6.45, 7) is 4.33. The van der Waals surface area contributed by atoms with Gasteiger partial charge in [0.05, 0.1) is 6.10 Å². The van der Waals surface area contributed by atoms with E-state index in [9.17, 15) is 14.6 Å². The van der Waals surface area contributed by atoms with Gasteiger partial charge in [0.2, 0.25) is 0 Å². The molecular weight excluding hydrogens is 291 g/mol. The third-order valence-corrected chi connectivity index (χ3v) is 7.29. The molecule has 2 N–H and O–H groups in total. The van der Waals surface area contributed by atoms with Gasteiger partial charge >= 0.3 is 0 Å². The molecule has 0 aromatic heterocycles. The Labute approximate surface area is 137 Å². The predicted molar refractivity (Wildman–Crippen MR) is 88.2 cm³/mol. The predicted octanol–water partition coefficient (Wildman–Crippen LogP) is 4.19. The molecule has 3 heteroatoms. The first kappa shape index (κ1) is 15.4. The molecule has 0 amide bonds. The number of alkyl halides is 1. The highest BCUT2D eigenvalue weighted by molar-refractivity contribution is 5.40. The van der Waals surface area contributed by atoms with Crippen molar-refractivity contribution in [2.24, 2.45) is 23.2 Å². The highest BCUT2D eigenvalue weighted by Crippen LogP contribution is 2.63. The number of hydrogen-bond donors (Lipinski definition) is 2. The molecule has 4 rings (SSSR count). The molecule has 3 aliphatic carbocycles. The summed E-state index contributed by atoms with van der Waals surface area (Å²) in [6.07, 6.45) is 2.64. The highest BCUT2D eigenvalue weighted by atomic mass is 19.1. The molecule has 0 unspecified atom stereocenters. The summed E-state index contributed by atoms with van der Waals surface area (Å²) in [5.41, 5.74) is 2.36. The van der Waals surface area contributed by atoms with Gasteiger partial charge in [0.25, 0.3) is 0 Å². The van der Waals surface area contributed by atoms with Crippen molar-refractivity contribution in [1.82, 2.24) is 0 Å². The fourth-order valence-corrected chi connectivity index (χ4v) is 6.22. The minimum atomic E-state index is -1.07. The van der Waals surface area contributed by atoms with Crippen LogP contribution in [0.25, 0.3) is 0 Å². The molecule has 1 aromatic carbocycles. The van der Waals surface area contributed by atoms with Crippen molar-refractivity contribution < 1.29 is 14.6 Å². The molecule has 0 heterocycles. The summed E-state index contributed by atoms with van der Waals surface area (Å²) in [7, 11) is 0. The van der Waals surface area contributed by atoms with E-state index in [1.54, 1.807) is 6.07 Å². The van der Waals surface area contributed by atoms with Gasteiger partial charge in [0, 0.05) is 0 Å². The summed E-state index contributed by atoms with van der Waals surface area (Å²) in [6, 6.07) is 5.79. The van der Waals surface area contributed by atoms with E-state index in [0.717, 1.165) is 25.7 Å². The topological polar surface area (TPSA) is 40.5 Å². The van der Waals surface area contributed by atoms with Crippen LogP contribution in [-0.2, 0) is 6.42 Å². The van der Waals surface area contributed by atoms with Crippen LogP contribution in [0.4, 0.5) is 4.39 Å². The smallest absolute Gasteiger partial charge is 0.127 e. The zero-order valence-corrected chi connectivity index (χ0v) is 14.0. The Morgan fingerprint density at radius 1 is 1.35 bits per heavy atom. The van der Waals surface area contributed by atoms with E-state index in [-0.39, 0.29) is 11.3 Å². The van der Waals surface area contributed by atoms with Crippen LogP contribution < -0.4 is 0 Å². The molecule has 7 atom stereocenters. The van der Waals surface area contributed by atoms with Crippen molar-refractivity contribution in [3.05, 3.63) is 29.3 Å². The zero-order chi connectivity index (χ0) is 16.4. The third kappa shape index (κ3) is 2.08. The van der Waals surface area contributed by atoms with Crippen LogP contribution >= 0.6 is 0 Å². The van der Waals surface area contributed by atoms with Gasteiger partial charge in [0.1, 0.15) is 11.9 Å². The van der Waals surface area contributed by atoms with Crippen molar-refractivity contribution in [2.75, 3.05) is 0 Å². The molecule has 2 nitrogen and oxygen atoms in total. The Balaban J connectivity index is 1.78. The second kappa shape index (κ2) is 5.20. The minimum Gasteiger partial charge on any atom is -0.508 e. The standard InChI is InChI=1S/C20H27FO2/c1-3-11-10-20(2)16(9-17(21)19(20)23)15-6-4-12-8-13(22)5-7-14(12)18(11)15/h5,7-8,11,15-19,22-23H,3-4,6,9-10H2,1-2H3/t11-,15-,16-,17-,18+,19-,20-/m0/s1. The first-order chi connectivity index (χ1) is 11.0. The molecule has 3 aliphatic rings. The number of hydrogen-bond acceptors (Lipinski definition) is 2. The van der Waals surface area contributed by atoms with Gasteiger partial charge in [-0.05, 0) is 78.0 Å². The second-order valence-electron chi connectivity index (χ2n) is 8.29. The lowest BCUT2D eigenvalue weighted by molar-refractivity contribution is -0.0586. The first-order valence-electron chi connectivity index (χ1n) is 9.09. The van der Waals surface area contributed by atoms with Crippen LogP contribution in [0.1, 0.15) is 56.6 Å². The molecular formula is C20H27FO2. The van der Waals surface area contributed by atoms with Crippen molar-refractivity contribution in [2.45, 2.75) is 64.1 Å². The van der Waals surface area contributed by atoms with Gasteiger partial charge in [-0.1, -0.05) is 26.3 Å². The van der Waals surface area contributed by atoms with Crippen molar-refractivity contribution in [3.63, 3.8) is 0 Å². The molecule has 126 valence electrons. The molecule has 23 heavy (non-hydrogen) atoms. The number of aliphatic hydroxyl groups excluding tert-OH is 1. The third-order valence-electron chi connectivity index (χ3n) is 7.29. The van der Waals surface area contributed by atoms with Crippen LogP contribution in [0.2, 0.25) is 0 Å². The monoisotopic (exact) mass is 318 g/mol. The van der Waals surface area contributed by atoms with E-state index in [2.05, 4.69) is 19.9 Å². The van der Waals surface area contributed by atoms with Gasteiger partial charge in [-0.15, -0.1) is 0 Å². The Morgan fingerprint density at radius 3 is 2.87 bits per heavy atom. The number of rotatable bonds is 1. The van der Waals surface area contributed by atoms with Crippen LogP contribution in [-0.4, -0.2) is 22.5 Å². The summed E-state index contributed by atoms with van der Waals surface area (Å²) in [5.74, 6) is 2.04. The van der Waals surface area contributed by atoms with Crippen molar-refractivity contribution in [1.29, 1.82) is 0 Å². The number of fused-ring (bicyclic) bond motifs is 5. The van der Waals surface area contributed by atoms with E-state index in [4.69, 9.17) is 0 Å². The number of aryl methyl sites for hydroxylation is 1. The van der Waals surface area contributed by atoms with Crippen molar-refractivity contribution >= 4 is 0 Å². The maximum atomic E-state index is 14.3. The maximum Gasteiger partial charge on any atom is 0.127 e. The Morgan fingerprint density at radius 2 is 2.13 bits per heavy atom. The fraction of sp³-hybridized carbons (Fsp3) is 0.700. The minimum absolute atomic E-state index is 0.268. The number of aromatic hydroxyl groups is 1. The van der Waals surface area contributed by atoms with E-state index in [0.29, 0.717) is 29.9 Å².